The van der Waals surface area contributed by atoms with Crippen LogP contribution in [0.3, 0.4) is 0 Å². The highest BCUT2D eigenvalue weighted by atomic mass is 16.5. The Balaban J connectivity index is 1.71. The molecule has 1 amide bonds. The molecule has 1 fully saturated rings. The van der Waals surface area contributed by atoms with Crippen molar-refractivity contribution in [3.63, 3.8) is 0 Å². The fourth-order valence-corrected chi connectivity index (χ4v) is 3.04. The van der Waals surface area contributed by atoms with Gasteiger partial charge >= 0.3 is 5.97 Å². The summed E-state index contributed by atoms with van der Waals surface area (Å²) in [5.74, 6) is 0.159. The Morgan fingerprint density at radius 2 is 1.89 bits per heavy atom. The van der Waals surface area contributed by atoms with Gasteiger partial charge < -0.3 is 19.7 Å². The summed E-state index contributed by atoms with van der Waals surface area (Å²) in [5.41, 5.74) is 2.40. The third kappa shape index (κ3) is 5.07. The molecular formula is C21H25N3O4. The van der Waals surface area contributed by atoms with E-state index in [2.05, 4.69) is 15.2 Å². The van der Waals surface area contributed by atoms with E-state index in [0.717, 1.165) is 30.0 Å². The molecule has 0 bridgehead atoms. The second-order valence-electron chi connectivity index (χ2n) is 6.72. The van der Waals surface area contributed by atoms with Crippen LogP contribution < -0.4 is 10.2 Å². The molecule has 2 heterocycles. The number of esters is 1. The molecule has 3 rings (SSSR count). The van der Waals surface area contributed by atoms with E-state index >= 15 is 0 Å². The highest BCUT2D eigenvalue weighted by Gasteiger charge is 2.20. The summed E-state index contributed by atoms with van der Waals surface area (Å²) in [4.78, 5) is 31.0. The maximum absolute atomic E-state index is 12.7. The SMILES string of the molecule is COC(=O)C[C@H](NC(=O)c1ccc(N2CCOCC2)nc1)c1ccc(C)cc1. The monoisotopic (exact) mass is 383 g/mol. The van der Waals surface area contributed by atoms with Gasteiger partial charge in [-0.1, -0.05) is 29.8 Å². The minimum atomic E-state index is -0.473. The smallest absolute Gasteiger partial charge is 0.307 e. The molecule has 2 aromatic rings. The number of amides is 1. The Hall–Kier alpha value is -2.93. The Labute approximate surface area is 164 Å². The number of methoxy groups -OCH3 is 1. The van der Waals surface area contributed by atoms with Gasteiger partial charge in [-0.25, -0.2) is 4.98 Å². The second-order valence-corrected chi connectivity index (χ2v) is 6.72. The van der Waals surface area contributed by atoms with Gasteiger partial charge in [-0.3, -0.25) is 9.59 Å². The number of pyridine rings is 1. The lowest BCUT2D eigenvalue weighted by atomic mass is 10.0. The molecule has 148 valence electrons. The third-order valence-corrected chi connectivity index (χ3v) is 4.73. The minimum Gasteiger partial charge on any atom is -0.469 e. The minimum absolute atomic E-state index is 0.0601. The van der Waals surface area contributed by atoms with Crippen LogP contribution in [0.5, 0.6) is 0 Å². The van der Waals surface area contributed by atoms with Crippen LogP contribution in [0.1, 0.15) is 33.9 Å². The van der Waals surface area contributed by atoms with E-state index < -0.39 is 6.04 Å². The van der Waals surface area contributed by atoms with Crippen LogP contribution in [-0.2, 0) is 14.3 Å². The standard InChI is InChI=1S/C21H25N3O4/c1-15-3-5-16(6-4-15)18(13-20(25)27-2)23-21(26)17-7-8-19(22-14-17)24-9-11-28-12-10-24/h3-8,14,18H,9-13H2,1-2H3,(H,23,26)/t18-/m0/s1. The molecular weight excluding hydrogens is 358 g/mol. The molecule has 0 aliphatic carbocycles. The van der Waals surface area contributed by atoms with E-state index in [0.29, 0.717) is 18.8 Å². The molecule has 1 aromatic carbocycles. The summed E-state index contributed by atoms with van der Waals surface area (Å²) in [6.07, 6.45) is 1.62. The van der Waals surface area contributed by atoms with E-state index in [9.17, 15) is 9.59 Å². The van der Waals surface area contributed by atoms with E-state index in [-0.39, 0.29) is 18.3 Å². The summed E-state index contributed by atoms with van der Waals surface area (Å²) in [6, 6.07) is 10.8. The van der Waals surface area contributed by atoms with Crippen LogP contribution in [0.4, 0.5) is 5.82 Å². The van der Waals surface area contributed by atoms with Gasteiger partial charge in [-0.05, 0) is 24.6 Å². The summed E-state index contributed by atoms with van der Waals surface area (Å²) >= 11 is 0. The van der Waals surface area contributed by atoms with Crippen molar-refractivity contribution in [2.45, 2.75) is 19.4 Å². The van der Waals surface area contributed by atoms with Crippen LogP contribution in [0.25, 0.3) is 0 Å². The van der Waals surface area contributed by atoms with Gasteiger partial charge in [-0.2, -0.15) is 0 Å². The number of rotatable bonds is 6. The summed E-state index contributed by atoms with van der Waals surface area (Å²) in [5, 5.41) is 2.92. The summed E-state index contributed by atoms with van der Waals surface area (Å²) in [7, 11) is 1.34. The van der Waals surface area contributed by atoms with Crippen molar-refractivity contribution in [3.05, 3.63) is 59.3 Å². The largest absolute Gasteiger partial charge is 0.469 e. The number of hydrogen-bond acceptors (Lipinski definition) is 6. The maximum Gasteiger partial charge on any atom is 0.307 e. The topological polar surface area (TPSA) is 80.8 Å². The molecule has 0 saturated carbocycles. The van der Waals surface area contributed by atoms with Gasteiger partial charge in [0.1, 0.15) is 5.82 Å². The van der Waals surface area contributed by atoms with Crippen LogP contribution in [0, 0.1) is 6.92 Å². The number of benzene rings is 1. The van der Waals surface area contributed by atoms with Crippen molar-refractivity contribution in [1.82, 2.24) is 10.3 Å². The number of carbonyl (C=O) groups is 2. The predicted octanol–water partition coefficient (Wildman–Crippen LogP) is 2.26. The average Bonchev–Trinajstić information content (AvgIpc) is 2.74. The summed E-state index contributed by atoms with van der Waals surface area (Å²) in [6.45, 7) is 4.91. The fraction of sp³-hybridized carbons (Fsp3) is 0.381. The molecule has 7 nitrogen and oxygen atoms in total. The van der Waals surface area contributed by atoms with Crippen LogP contribution >= 0.6 is 0 Å². The van der Waals surface area contributed by atoms with E-state index in [1.165, 1.54) is 7.11 Å². The number of nitrogens with zero attached hydrogens (tertiary/aromatic N) is 2. The van der Waals surface area contributed by atoms with Crippen molar-refractivity contribution in [3.8, 4) is 0 Å². The molecule has 28 heavy (non-hydrogen) atoms. The molecule has 1 N–H and O–H groups in total. The van der Waals surface area contributed by atoms with Crippen molar-refractivity contribution in [2.75, 3.05) is 38.3 Å². The number of anilines is 1. The Bertz CT molecular complexity index is 799. The third-order valence-electron chi connectivity index (χ3n) is 4.73. The molecule has 1 aromatic heterocycles. The van der Waals surface area contributed by atoms with Gasteiger partial charge in [-0.15, -0.1) is 0 Å². The molecule has 1 aliphatic heterocycles. The predicted molar refractivity (Wildman–Crippen MR) is 105 cm³/mol. The number of morpholine rings is 1. The lowest BCUT2D eigenvalue weighted by Crippen LogP contribution is -2.36. The molecule has 0 unspecified atom stereocenters. The number of ether oxygens (including phenoxy) is 2. The highest BCUT2D eigenvalue weighted by Crippen LogP contribution is 2.20. The zero-order valence-corrected chi connectivity index (χ0v) is 16.2. The lowest BCUT2D eigenvalue weighted by molar-refractivity contribution is -0.141. The quantitative estimate of drug-likeness (QED) is 0.771. The summed E-state index contributed by atoms with van der Waals surface area (Å²) < 4.78 is 10.1. The first-order chi connectivity index (χ1) is 13.6. The molecule has 1 aliphatic rings. The molecule has 0 radical (unpaired) electrons. The number of aryl methyl sites for hydroxylation is 1. The van der Waals surface area contributed by atoms with Crippen molar-refractivity contribution >= 4 is 17.7 Å². The van der Waals surface area contributed by atoms with E-state index in [4.69, 9.17) is 9.47 Å². The Kier molecular flexibility index (Phi) is 6.60. The van der Waals surface area contributed by atoms with Gasteiger partial charge in [0.15, 0.2) is 0 Å². The highest BCUT2D eigenvalue weighted by molar-refractivity contribution is 5.94. The van der Waals surface area contributed by atoms with Gasteiger partial charge in [0.05, 0.1) is 38.3 Å². The fourth-order valence-electron chi connectivity index (χ4n) is 3.04. The van der Waals surface area contributed by atoms with E-state index in [1.54, 1.807) is 12.3 Å². The van der Waals surface area contributed by atoms with Crippen molar-refractivity contribution in [2.24, 2.45) is 0 Å². The average molecular weight is 383 g/mol. The molecule has 0 spiro atoms. The zero-order chi connectivity index (χ0) is 19.9. The Morgan fingerprint density at radius 1 is 1.18 bits per heavy atom. The lowest BCUT2D eigenvalue weighted by Gasteiger charge is -2.27. The second kappa shape index (κ2) is 9.32. The van der Waals surface area contributed by atoms with Crippen LogP contribution in [-0.4, -0.2) is 50.3 Å². The zero-order valence-electron chi connectivity index (χ0n) is 16.2. The first-order valence-corrected chi connectivity index (χ1v) is 9.30. The maximum atomic E-state index is 12.7. The molecule has 7 heteroatoms. The van der Waals surface area contributed by atoms with Crippen molar-refractivity contribution in [1.29, 1.82) is 0 Å². The number of hydrogen-bond donors (Lipinski definition) is 1. The van der Waals surface area contributed by atoms with E-state index in [1.807, 2.05) is 37.3 Å². The van der Waals surface area contributed by atoms with Gasteiger partial charge in [0.2, 0.25) is 0 Å². The van der Waals surface area contributed by atoms with Crippen LogP contribution in [0.2, 0.25) is 0 Å². The van der Waals surface area contributed by atoms with Gasteiger partial charge in [0, 0.05) is 19.3 Å². The number of carbonyl (C=O) groups excluding carboxylic acids is 2. The first kappa shape index (κ1) is 19.8. The van der Waals surface area contributed by atoms with Crippen molar-refractivity contribution < 1.29 is 19.1 Å². The van der Waals surface area contributed by atoms with Crippen LogP contribution in [0.15, 0.2) is 42.6 Å². The number of nitrogens with one attached hydrogen (secondary N) is 1. The first-order valence-electron chi connectivity index (χ1n) is 9.30. The molecule has 1 atom stereocenters. The normalized spacial score (nSPS) is 15.0. The molecule has 1 saturated heterocycles. The number of aromatic nitrogens is 1. The Morgan fingerprint density at radius 3 is 2.50 bits per heavy atom. The van der Waals surface area contributed by atoms with Gasteiger partial charge in [0.25, 0.3) is 5.91 Å².